The van der Waals surface area contributed by atoms with E-state index in [4.69, 9.17) is 4.74 Å². The van der Waals surface area contributed by atoms with Crippen LogP contribution < -0.4 is 10.1 Å². The third kappa shape index (κ3) is 2.94. The predicted octanol–water partition coefficient (Wildman–Crippen LogP) is 3.09. The summed E-state index contributed by atoms with van der Waals surface area (Å²) in [4.78, 5) is 27.3. The van der Waals surface area contributed by atoms with Gasteiger partial charge in [0.25, 0.3) is 11.7 Å². The number of carbonyl (C=O) groups excluding carboxylic acids is 2. The van der Waals surface area contributed by atoms with Gasteiger partial charge in [0.2, 0.25) is 5.88 Å². The van der Waals surface area contributed by atoms with Gasteiger partial charge in [0.05, 0.1) is 12.2 Å². The Morgan fingerprint density at radius 3 is 2.54 bits per heavy atom. The van der Waals surface area contributed by atoms with Crippen molar-refractivity contribution in [2.75, 3.05) is 11.9 Å². The fourth-order valence-electron chi connectivity index (χ4n) is 2.46. The Balaban J connectivity index is 1.81. The summed E-state index contributed by atoms with van der Waals surface area (Å²) in [5, 5.41) is 13.0. The summed E-state index contributed by atoms with van der Waals surface area (Å²) in [5.41, 5.74) is 1.03. The quantitative estimate of drug-likeness (QED) is 0.497. The van der Waals surface area contributed by atoms with Gasteiger partial charge in [0.15, 0.2) is 0 Å². The van der Waals surface area contributed by atoms with E-state index in [9.17, 15) is 14.7 Å². The number of para-hydroxylation sites is 1. The van der Waals surface area contributed by atoms with Crippen molar-refractivity contribution < 1.29 is 19.4 Å². The number of aromatic nitrogens is 1. The molecule has 0 aliphatic carbocycles. The molecule has 0 bridgehead atoms. The van der Waals surface area contributed by atoms with Crippen LogP contribution in [0.15, 0.2) is 48.5 Å². The molecule has 3 N–H and O–H groups in total. The van der Waals surface area contributed by atoms with Crippen molar-refractivity contribution in [2.24, 2.45) is 0 Å². The molecule has 0 spiro atoms. The highest BCUT2D eigenvalue weighted by atomic mass is 16.5. The van der Waals surface area contributed by atoms with Crippen molar-refractivity contribution in [3.8, 4) is 11.6 Å². The number of Topliss-reactive ketones (excluding diaryl/α,β-unsaturated/α-hetero) is 1. The molecule has 1 heterocycles. The summed E-state index contributed by atoms with van der Waals surface area (Å²) >= 11 is 0. The topological polar surface area (TPSA) is 91.4 Å². The minimum absolute atomic E-state index is 0.0333. The van der Waals surface area contributed by atoms with Gasteiger partial charge < -0.3 is 20.1 Å². The third-order valence-corrected chi connectivity index (χ3v) is 3.54. The molecule has 0 saturated heterocycles. The summed E-state index contributed by atoms with van der Waals surface area (Å²) in [6, 6.07) is 13.6. The fraction of sp³-hybridized carbons (Fsp3) is 0.111. The monoisotopic (exact) mass is 324 g/mol. The van der Waals surface area contributed by atoms with Gasteiger partial charge in [-0.1, -0.05) is 18.2 Å². The molecular weight excluding hydrogens is 308 g/mol. The Morgan fingerprint density at radius 2 is 1.83 bits per heavy atom. The van der Waals surface area contributed by atoms with E-state index in [-0.39, 0.29) is 11.4 Å². The molecule has 3 aromatic rings. The number of ketones is 1. The lowest BCUT2D eigenvalue weighted by atomic mass is 10.1. The summed E-state index contributed by atoms with van der Waals surface area (Å²) in [5.74, 6) is -1.27. The van der Waals surface area contributed by atoms with Gasteiger partial charge in [-0.3, -0.25) is 9.59 Å². The van der Waals surface area contributed by atoms with E-state index >= 15 is 0 Å². The molecule has 0 unspecified atom stereocenters. The second-order valence-corrected chi connectivity index (χ2v) is 5.13. The molecule has 0 atom stereocenters. The molecule has 0 aliphatic heterocycles. The van der Waals surface area contributed by atoms with Crippen LogP contribution in [0.2, 0.25) is 0 Å². The van der Waals surface area contributed by atoms with Crippen LogP contribution in [0.5, 0.6) is 11.6 Å². The van der Waals surface area contributed by atoms with Crippen LogP contribution in [0.4, 0.5) is 5.69 Å². The largest absolute Gasteiger partial charge is 0.494 e. The molecule has 122 valence electrons. The second kappa shape index (κ2) is 6.45. The molecule has 24 heavy (non-hydrogen) atoms. The smallest absolute Gasteiger partial charge is 0.297 e. The summed E-state index contributed by atoms with van der Waals surface area (Å²) in [7, 11) is 0. The number of ether oxygens (including phenoxy) is 1. The summed E-state index contributed by atoms with van der Waals surface area (Å²) < 4.78 is 5.32. The Kier molecular flexibility index (Phi) is 4.20. The molecule has 0 saturated carbocycles. The first-order chi connectivity index (χ1) is 11.6. The molecular formula is C18H16N2O4. The zero-order chi connectivity index (χ0) is 17.1. The normalized spacial score (nSPS) is 10.5. The van der Waals surface area contributed by atoms with Crippen molar-refractivity contribution in [2.45, 2.75) is 6.92 Å². The zero-order valence-corrected chi connectivity index (χ0v) is 13.0. The highest BCUT2D eigenvalue weighted by Crippen LogP contribution is 2.27. The van der Waals surface area contributed by atoms with Gasteiger partial charge in [-0.05, 0) is 37.3 Å². The van der Waals surface area contributed by atoms with Gasteiger partial charge in [-0.15, -0.1) is 0 Å². The van der Waals surface area contributed by atoms with Crippen LogP contribution in [0.1, 0.15) is 17.3 Å². The van der Waals surface area contributed by atoms with Crippen LogP contribution in [0.25, 0.3) is 10.9 Å². The van der Waals surface area contributed by atoms with Crippen LogP contribution in [-0.4, -0.2) is 28.4 Å². The maximum atomic E-state index is 12.4. The molecule has 3 rings (SSSR count). The number of rotatable bonds is 5. The standard InChI is InChI=1S/C18H16N2O4/c1-2-24-12-9-7-11(8-10-12)19-18(23)16(21)15-13-5-3-4-6-14(13)20-17(15)22/h3-10,20,22H,2H2,1H3,(H,19,23). The van der Waals surface area contributed by atoms with Gasteiger partial charge in [-0.25, -0.2) is 0 Å². The highest BCUT2D eigenvalue weighted by Gasteiger charge is 2.24. The van der Waals surface area contributed by atoms with Gasteiger partial charge >= 0.3 is 0 Å². The zero-order valence-electron chi connectivity index (χ0n) is 13.0. The average Bonchev–Trinajstić information content (AvgIpc) is 2.92. The number of fused-ring (bicyclic) bond motifs is 1. The summed E-state index contributed by atoms with van der Waals surface area (Å²) in [6.07, 6.45) is 0. The van der Waals surface area contributed by atoms with Crippen molar-refractivity contribution in [3.05, 3.63) is 54.1 Å². The fourth-order valence-corrected chi connectivity index (χ4v) is 2.46. The van der Waals surface area contributed by atoms with Crippen LogP contribution in [0.3, 0.4) is 0 Å². The van der Waals surface area contributed by atoms with E-state index in [1.807, 2.05) is 6.92 Å². The first-order valence-corrected chi connectivity index (χ1v) is 7.48. The molecule has 0 fully saturated rings. The van der Waals surface area contributed by atoms with Crippen molar-refractivity contribution in [3.63, 3.8) is 0 Å². The predicted molar refractivity (Wildman–Crippen MR) is 90.5 cm³/mol. The number of carbonyl (C=O) groups is 2. The molecule has 0 aliphatic rings. The van der Waals surface area contributed by atoms with E-state index in [1.54, 1.807) is 48.5 Å². The number of nitrogens with one attached hydrogen (secondary N) is 2. The van der Waals surface area contributed by atoms with Gasteiger partial charge in [0.1, 0.15) is 5.75 Å². The van der Waals surface area contributed by atoms with Gasteiger partial charge in [-0.2, -0.15) is 0 Å². The Bertz CT molecular complexity index is 897. The third-order valence-electron chi connectivity index (χ3n) is 3.54. The Morgan fingerprint density at radius 1 is 1.12 bits per heavy atom. The molecule has 1 aromatic heterocycles. The minimum Gasteiger partial charge on any atom is -0.494 e. The van der Waals surface area contributed by atoms with Crippen molar-refractivity contribution in [1.82, 2.24) is 4.98 Å². The highest BCUT2D eigenvalue weighted by molar-refractivity contribution is 6.49. The number of H-pyrrole nitrogens is 1. The molecule has 6 heteroatoms. The minimum atomic E-state index is -0.820. The number of anilines is 1. The number of aromatic amines is 1. The number of benzene rings is 2. The Labute approximate surface area is 138 Å². The lowest BCUT2D eigenvalue weighted by Crippen LogP contribution is -2.22. The first kappa shape index (κ1) is 15.6. The van der Waals surface area contributed by atoms with Crippen LogP contribution >= 0.6 is 0 Å². The first-order valence-electron chi connectivity index (χ1n) is 7.48. The molecule has 2 aromatic carbocycles. The SMILES string of the molecule is CCOc1ccc(NC(=O)C(=O)c2c(O)[nH]c3ccccc23)cc1. The lowest BCUT2D eigenvalue weighted by Gasteiger charge is -2.06. The number of hydrogen-bond donors (Lipinski definition) is 3. The van der Waals surface area contributed by atoms with E-state index in [0.29, 0.717) is 28.9 Å². The van der Waals surface area contributed by atoms with Crippen LogP contribution in [0, 0.1) is 0 Å². The lowest BCUT2D eigenvalue weighted by molar-refractivity contribution is -0.112. The van der Waals surface area contributed by atoms with E-state index in [0.717, 1.165) is 0 Å². The summed E-state index contributed by atoms with van der Waals surface area (Å²) in [6.45, 7) is 2.42. The molecule has 6 nitrogen and oxygen atoms in total. The van der Waals surface area contributed by atoms with E-state index in [2.05, 4.69) is 10.3 Å². The van der Waals surface area contributed by atoms with E-state index in [1.165, 1.54) is 0 Å². The molecule has 0 radical (unpaired) electrons. The van der Waals surface area contributed by atoms with E-state index < -0.39 is 11.7 Å². The number of aromatic hydroxyl groups is 1. The van der Waals surface area contributed by atoms with Crippen molar-refractivity contribution in [1.29, 1.82) is 0 Å². The number of amides is 1. The second-order valence-electron chi connectivity index (χ2n) is 5.13. The number of hydrogen-bond acceptors (Lipinski definition) is 4. The van der Waals surface area contributed by atoms with Crippen molar-refractivity contribution >= 4 is 28.3 Å². The maximum absolute atomic E-state index is 12.4. The van der Waals surface area contributed by atoms with Gasteiger partial charge in [0, 0.05) is 16.6 Å². The Hall–Kier alpha value is -3.28. The average molecular weight is 324 g/mol. The van der Waals surface area contributed by atoms with Crippen LogP contribution in [-0.2, 0) is 4.79 Å². The molecule has 1 amide bonds. The maximum Gasteiger partial charge on any atom is 0.297 e.